The Bertz CT molecular complexity index is 1030. The minimum absolute atomic E-state index is 0.0969. The summed E-state index contributed by atoms with van der Waals surface area (Å²) in [5.41, 5.74) is 0.919. The van der Waals surface area contributed by atoms with Crippen molar-refractivity contribution in [1.82, 2.24) is 0 Å². The number of hydrogen-bond donors (Lipinski definition) is 0. The zero-order valence-electron chi connectivity index (χ0n) is 20.7. The molecule has 1 heterocycles. The van der Waals surface area contributed by atoms with E-state index < -0.39 is 5.41 Å². The van der Waals surface area contributed by atoms with Gasteiger partial charge in [0.1, 0.15) is 12.7 Å². The van der Waals surface area contributed by atoms with Crippen LogP contribution in [-0.2, 0) is 23.9 Å². The van der Waals surface area contributed by atoms with Crippen LogP contribution in [0.5, 0.6) is 0 Å². The van der Waals surface area contributed by atoms with Gasteiger partial charge >= 0.3 is 11.9 Å². The standard InChI is InChI=1S/C28H36O5/c1-16(29)33-23-15-21-25(2,3)22(30)10-13-27(21,5)20-9-12-26(4)18(17-11-14-32-24(17)31)7-8-19(26)28(20,23)6/h8,10-11,13,18,20-21,23H,7,9,12,14-15H2,1-6H3/t18-,20+,21-,23+,26-,27+,28-/m0/s1. The molecule has 0 bridgehead atoms. The van der Waals surface area contributed by atoms with Crippen LogP contribution in [0.15, 0.2) is 35.5 Å². The summed E-state index contributed by atoms with van der Waals surface area (Å²) in [5, 5.41) is 0. The number of ketones is 1. The van der Waals surface area contributed by atoms with Crippen molar-refractivity contribution in [3.05, 3.63) is 35.5 Å². The number of carbonyl (C=O) groups is 3. The molecule has 0 unspecified atom stereocenters. The minimum atomic E-state index is -0.505. The van der Waals surface area contributed by atoms with Gasteiger partial charge in [-0.15, -0.1) is 0 Å². The molecule has 5 rings (SSSR count). The van der Waals surface area contributed by atoms with E-state index in [0.29, 0.717) is 13.0 Å². The highest BCUT2D eigenvalue weighted by molar-refractivity contribution is 5.96. The molecule has 0 N–H and O–H groups in total. The highest BCUT2D eigenvalue weighted by Crippen LogP contribution is 2.72. The van der Waals surface area contributed by atoms with Crippen molar-refractivity contribution >= 4 is 17.7 Å². The van der Waals surface area contributed by atoms with Crippen LogP contribution in [0.2, 0.25) is 0 Å². The Balaban J connectivity index is 1.63. The Morgan fingerprint density at radius 2 is 1.82 bits per heavy atom. The quantitative estimate of drug-likeness (QED) is 0.437. The largest absolute Gasteiger partial charge is 0.462 e. The lowest BCUT2D eigenvalue weighted by Crippen LogP contribution is -2.64. The molecule has 0 aromatic heterocycles. The van der Waals surface area contributed by atoms with Gasteiger partial charge in [-0.25, -0.2) is 4.79 Å². The molecule has 5 heteroatoms. The van der Waals surface area contributed by atoms with E-state index in [-0.39, 0.29) is 57.8 Å². The molecule has 178 valence electrons. The number of cyclic esters (lactones) is 1. The third-order valence-corrected chi connectivity index (χ3v) is 10.4. The van der Waals surface area contributed by atoms with E-state index in [4.69, 9.17) is 9.47 Å². The first-order valence-electron chi connectivity index (χ1n) is 12.4. The lowest BCUT2D eigenvalue weighted by atomic mass is 9.38. The molecule has 0 radical (unpaired) electrons. The molecule has 1 aliphatic heterocycles. The van der Waals surface area contributed by atoms with Crippen LogP contribution in [0.25, 0.3) is 0 Å². The third-order valence-electron chi connectivity index (χ3n) is 10.4. The maximum atomic E-state index is 12.9. The number of carbonyl (C=O) groups excluding carboxylic acids is 3. The Hall–Kier alpha value is -2.17. The third kappa shape index (κ3) is 2.80. The van der Waals surface area contributed by atoms with E-state index in [1.54, 1.807) is 6.08 Å². The minimum Gasteiger partial charge on any atom is -0.462 e. The first-order valence-corrected chi connectivity index (χ1v) is 12.4. The van der Waals surface area contributed by atoms with E-state index in [0.717, 1.165) is 24.8 Å². The van der Waals surface area contributed by atoms with Crippen LogP contribution >= 0.6 is 0 Å². The molecule has 0 spiro atoms. The van der Waals surface area contributed by atoms with E-state index >= 15 is 0 Å². The molecule has 0 aromatic rings. The number of esters is 2. The maximum Gasteiger partial charge on any atom is 0.334 e. The molecule has 5 nitrogen and oxygen atoms in total. The van der Waals surface area contributed by atoms with Gasteiger partial charge in [0.25, 0.3) is 0 Å². The molecule has 33 heavy (non-hydrogen) atoms. The van der Waals surface area contributed by atoms with Gasteiger partial charge in [0.2, 0.25) is 0 Å². The number of rotatable bonds is 2. The monoisotopic (exact) mass is 452 g/mol. The van der Waals surface area contributed by atoms with Gasteiger partial charge < -0.3 is 9.47 Å². The van der Waals surface area contributed by atoms with Crippen LogP contribution in [0.1, 0.15) is 67.2 Å². The normalized spacial score (nSPS) is 45.4. The molecule has 5 aliphatic rings. The van der Waals surface area contributed by atoms with Gasteiger partial charge in [-0.1, -0.05) is 52.3 Å². The second kappa shape index (κ2) is 6.93. The van der Waals surface area contributed by atoms with Crippen LogP contribution in [0, 0.1) is 39.4 Å². The Kier molecular flexibility index (Phi) is 4.75. The fraction of sp³-hybridized carbons (Fsp3) is 0.679. The molecule has 2 fully saturated rings. The first kappa shape index (κ1) is 22.6. The molecular formula is C28H36O5. The van der Waals surface area contributed by atoms with Crippen molar-refractivity contribution in [3.63, 3.8) is 0 Å². The Labute approximate surface area is 196 Å². The fourth-order valence-electron chi connectivity index (χ4n) is 8.75. The topological polar surface area (TPSA) is 69.7 Å². The van der Waals surface area contributed by atoms with Crippen LogP contribution < -0.4 is 0 Å². The average Bonchev–Trinajstić information content (AvgIpc) is 3.29. The van der Waals surface area contributed by atoms with Crippen molar-refractivity contribution in [1.29, 1.82) is 0 Å². The van der Waals surface area contributed by atoms with Gasteiger partial charge in [0.05, 0.1) is 0 Å². The van der Waals surface area contributed by atoms with Gasteiger partial charge in [0.15, 0.2) is 5.78 Å². The second-order valence-electron chi connectivity index (χ2n) is 12.1. The number of allylic oxidation sites excluding steroid dienone is 3. The second-order valence-corrected chi connectivity index (χ2v) is 12.1. The summed E-state index contributed by atoms with van der Waals surface area (Å²) in [6.07, 6.45) is 11.3. The SMILES string of the molecule is CC(=O)O[C@@H]1C[C@H]2C(C)(C)C(=O)C=C[C@]2(C)[C@H]2CC[C@]3(C)C(=CC[C@H]3C3=CCOC3=O)[C@@]21C. The van der Waals surface area contributed by atoms with Gasteiger partial charge in [-0.05, 0) is 60.5 Å². The van der Waals surface area contributed by atoms with Gasteiger partial charge in [-0.2, -0.15) is 0 Å². The summed E-state index contributed by atoms with van der Waals surface area (Å²) >= 11 is 0. The summed E-state index contributed by atoms with van der Waals surface area (Å²) in [7, 11) is 0. The Morgan fingerprint density at radius 1 is 1.09 bits per heavy atom. The van der Waals surface area contributed by atoms with Crippen molar-refractivity contribution in [2.24, 2.45) is 39.4 Å². The molecule has 7 atom stereocenters. The molecular weight excluding hydrogens is 416 g/mol. The number of ether oxygens (including phenoxy) is 2. The molecule has 4 aliphatic carbocycles. The van der Waals surface area contributed by atoms with E-state index in [2.05, 4.69) is 32.9 Å². The molecule has 0 saturated heterocycles. The van der Waals surface area contributed by atoms with Gasteiger partial charge in [0, 0.05) is 29.2 Å². The zero-order chi connectivity index (χ0) is 24.0. The van der Waals surface area contributed by atoms with E-state index in [1.807, 2.05) is 19.9 Å². The summed E-state index contributed by atoms with van der Waals surface area (Å²) in [6.45, 7) is 12.8. The Morgan fingerprint density at radius 3 is 2.45 bits per heavy atom. The number of hydrogen-bond acceptors (Lipinski definition) is 5. The highest BCUT2D eigenvalue weighted by Gasteiger charge is 2.68. The summed E-state index contributed by atoms with van der Waals surface area (Å²) < 4.78 is 11.4. The van der Waals surface area contributed by atoms with Crippen molar-refractivity contribution in [2.45, 2.75) is 73.3 Å². The lowest BCUT2D eigenvalue weighted by Gasteiger charge is -2.66. The molecule has 0 amide bonds. The average molecular weight is 453 g/mol. The maximum absolute atomic E-state index is 12.9. The first-order chi connectivity index (χ1) is 15.4. The summed E-state index contributed by atoms with van der Waals surface area (Å²) in [4.78, 5) is 37.6. The van der Waals surface area contributed by atoms with Crippen LogP contribution in [0.3, 0.4) is 0 Å². The summed E-state index contributed by atoms with van der Waals surface area (Å²) in [6, 6.07) is 0. The van der Waals surface area contributed by atoms with E-state index in [9.17, 15) is 14.4 Å². The lowest BCUT2D eigenvalue weighted by molar-refractivity contribution is -0.187. The smallest absolute Gasteiger partial charge is 0.334 e. The van der Waals surface area contributed by atoms with Crippen molar-refractivity contribution < 1.29 is 23.9 Å². The van der Waals surface area contributed by atoms with E-state index in [1.165, 1.54) is 12.5 Å². The van der Waals surface area contributed by atoms with Gasteiger partial charge in [-0.3, -0.25) is 9.59 Å². The number of fused-ring (bicyclic) bond motifs is 5. The summed E-state index contributed by atoms with van der Waals surface area (Å²) in [5.74, 6) is 0.125. The van der Waals surface area contributed by atoms with Crippen LogP contribution in [-0.4, -0.2) is 30.4 Å². The van der Waals surface area contributed by atoms with Crippen LogP contribution in [0.4, 0.5) is 0 Å². The van der Waals surface area contributed by atoms with Crippen molar-refractivity contribution in [2.75, 3.05) is 6.61 Å². The zero-order valence-corrected chi connectivity index (χ0v) is 20.7. The fourth-order valence-corrected chi connectivity index (χ4v) is 8.75. The predicted octanol–water partition coefficient (Wildman–Crippen LogP) is 4.96. The molecule has 0 aromatic carbocycles. The predicted molar refractivity (Wildman–Crippen MR) is 124 cm³/mol. The highest BCUT2D eigenvalue weighted by atomic mass is 16.5. The van der Waals surface area contributed by atoms with Crippen molar-refractivity contribution in [3.8, 4) is 0 Å². The molecule has 2 saturated carbocycles.